The topological polar surface area (TPSA) is 78.4 Å². The molecule has 0 aromatic heterocycles. The number of carbonyl (C=O) groups excluding carboxylic acids is 1. The van der Waals surface area contributed by atoms with E-state index in [-0.39, 0.29) is 17.9 Å². The van der Waals surface area contributed by atoms with Crippen LogP contribution >= 0.6 is 0 Å². The van der Waals surface area contributed by atoms with Crippen LogP contribution < -0.4 is 10.6 Å². The Bertz CT molecular complexity index is 484. The Kier molecular flexibility index (Phi) is 5.20. The fraction of sp³-hybridized carbons (Fsp3) is 0.500. The fourth-order valence-electron chi connectivity index (χ4n) is 2.72. The molecule has 0 heterocycles. The van der Waals surface area contributed by atoms with E-state index in [0.717, 1.165) is 12.8 Å². The second-order valence-corrected chi connectivity index (χ2v) is 5.61. The van der Waals surface area contributed by atoms with Gasteiger partial charge in [-0.3, -0.25) is 4.79 Å². The maximum atomic E-state index is 11.7. The molecular formula is C16H22N2O3. The van der Waals surface area contributed by atoms with Gasteiger partial charge in [-0.2, -0.15) is 0 Å². The van der Waals surface area contributed by atoms with Gasteiger partial charge >= 0.3 is 12.0 Å². The van der Waals surface area contributed by atoms with Gasteiger partial charge in [0.2, 0.25) is 0 Å². The molecule has 1 saturated carbocycles. The van der Waals surface area contributed by atoms with Crippen LogP contribution in [0, 0.1) is 0 Å². The summed E-state index contributed by atoms with van der Waals surface area (Å²) in [6, 6.07) is 10.1. The van der Waals surface area contributed by atoms with Crippen molar-refractivity contribution in [1.82, 2.24) is 10.6 Å². The summed E-state index contributed by atoms with van der Waals surface area (Å²) in [6.07, 6.45) is 3.91. The summed E-state index contributed by atoms with van der Waals surface area (Å²) < 4.78 is 0. The largest absolute Gasteiger partial charge is 0.481 e. The summed E-state index contributed by atoms with van der Waals surface area (Å²) in [5.41, 5.74) is 1.35. The van der Waals surface area contributed by atoms with Crippen molar-refractivity contribution in [1.29, 1.82) is 0 Å². The highest BCUT2D eigenvalue weighted by molar-refractivity contribution is 5.74. The van der Waals surface area contributed by atoms with E-state index in [9.17, 15) is 9.59 Å². The second kappa shape index (κ2) is 7.11. The molecule has 0 bridgehead atoms. The van der Waals surface area contributed by atoms with Gasteiger partial charge in [-0.25, -0.2) is 4.79 Å². The van der Waals surface area contributed by atoms with Gasteiger partial charge in [0.25, 0.3) is 0 Å². The highest BCUT2D eigenvalue weighted by Gasteiger charge is 2.38. The van der Waals surface area contributed by atoms with Crippen LogP contribution in [0.25, 0.3) is 0 Å². The number of carboxylic acid groups (broad SMARTS) is 1. The first-order chi connectivity index (χ1) is 10.1. The summed E-state index contributed by atoms with van der Waals surface area (Å²) >= 11 is 0. The molecule has 21 heavy (non-hydrogen) atoms. The molecule has 0 unspecified atom stereocenters. The Balaban J connectivity index is 1.76. The molecule has 114 valence electrons. The number of carboxylic acids is 1. The van der Waals surface area contributed by atoms with Crippen LogP contribution in [-0.2, 0) is 10.2 Å². The fourth-order valence-corrected chi connectivity index (χ4v) is 2.72. The molecule has 0 spiro atoms. The average Bonchev–Trinajstić information content (AvgIpc) is 2.43. The smallest absolute Gasteiger partial charge is 0.314 e. The number of hydrogen-bond acceptors (Lipinski definition) is 2. The van der Waals surface area contributed by atoms with Crippen molar-refractivity contribution in [3.8, 4) is 0 Å². The Morgan fingerprint density at radius 2 is 1.86 bits per heavy atom. The number of urea groups is 1. The average molecular weight is 290 g/mol. The third kappa shape index (κ3) is 4.21. The molecule has 5 heteroatoms. The van der Waals surface area contributed by atoms with Crippen LogP contribution in [-0.4, -0.2) is 30.2 Å². The molecule has 1 aromatic rings. The Hall–Kier alpha value is -2.04. The van der Waals surface area contributed by atoms with Gasteiger partial charge in [0, 0.05) is 24.9 Å². The molecule has 1 aromatic carbocycles. The number of aliphatic carboxylic acids is 1. The van der Waals surface area contributed by atoms with Gasteiger partial charge in [-0.1, -0.05) is 36.8 Å². The van der Waals surface area contributed by atoms with Gasteiger partial charge < -0.3 is 15.7 Å². The zero-order valence-corrected chi connectivity index (χ0v) is 12.1. The quantitative estimate of drug-likeness (QED) is 0.674. The van der Waals surface area contributed by atoms with Crippen LogP contribution in [0.1, 0.15) is 37.7 Å². The van der Waals surface area contributed by atoms with Gasteiger partial charge in [-0.05, 0) is 24.8 Å². The van der Waals surface area contributed by atoms with E-state index < -0.39 is 5.97 Å². The summed E-state index contributed by atoms with van der Waals surface area (Å²) in [5.74, 6) is -0.838. The zero-order valence-electron chi connectivity index (χ0n) is 12.1. The number of rotatable bonds is 7. The summed E-state index contributed by atoms with van der Waals surface area (Å²) in [6.45, 7) is 1.01. The maximum Gasteiger partial charge on any atom is 0.314 e. The van der Waals surface area contributed by atoms with E-state index in [0.29, 0.717) is 19.5 Å². The molecule has 0 aliphatic heterocycles. The number of amides is 2. The SMILES string of the molecule is O=C(O)CCCNC(=O)NCC1(c2ccccc2)CCC1. The highest BCUT2D eigenvalue weighted by atomic mass is 16.4. The van der Waals surface area contributed by atoms with Gasteiger partial charge in [0.05, 0.1) is 0 Å². The molecule has 0 saturated heterocycles. The maximum absolute atomic E-state index is 11.7. The predicted octanol–water partition coefficient (Wildman–Crippen LogP) is 2.27. The van der Waals surface area contributed by atoms with Gasteiger partial charge in [0.1, 0.15) is 0 Å². The number of nitrogens with one attached hydrogen (secondary N) is 2. The van der Waals surface area contributed by atoms with Crippen molar-refractivity contribution in [2.24, 2.45) is 0 Å². The lowest BCUT2D eigenvalue weighted by Gasteiger charge is -2.42. The summed E-state index contributed by atoms with van der Waals surface area (Å²) in [7, 11) is 0. The van der Waals surface area contributed by atoms with Crippen molar-refractivity contribution in [3.05, 3.63) is 35.9 Å². The molecule has 1 aliphatic carbocycles. The highest BCUT2D eigenvalue weighted by Crippen LogP contribution is 2.43. The Morgan fingerprint density at radius 1 is 1.14 bits per heavy atom. The predicted molar refractivity (Wildman–Crippen MR) is 80.2 cm³/mol. The van der Waals surface area contributed by atoms with Crippen LogP contribution in [0.3, 0.4) is 0 Å². The van der Waals surface area contributed by atoms with Crippen molar-refractivity contribution in [2.45, 2.75) is 37.5 Å². The van der Waals surface area contributed by atoms with Crippen LogP contribution in [0.2, 0.25) is 0 Å². The van der Waals surface area contributed by atoms with Crippen LogP contribution in [0.5, 0.6) is 0 Å². The van der Waals surface area contributed by atoms with Crippen molar-refractivity contribution < 1.29 is 14.7 Å². The molecule has 1 fully saturated rings. The first kappa shape index (κ1) is 15.4. The lowest BCUT2D eigenvalue weighted by Crippen LogP contribution is -2.48. The van der Waals surface area contributed by atoms with Gasteiger partial charge in [0.15, 0.2) is 0 Å². The standard InChI is InChI=1S/C16H22N2O3/c19-14(20)8-4-11-17-15(21)18-12-16(9-5-10-16)13-6-2-1-3-7-13/h1-3,6-7H,4-5,8-12H2,(H,19,20)(H2,17,18,21). The van der Waals surface area contributed by atoms with Gasteiger partial charge in [-0.15, -0.1) is 0 Å². The minimum absolute atomic E-state index is 0.0691. The van der Waals surface area contributed by atoms with Crippen molar-refractivity contribution in [3.63, 3.8) is 0 Å². The Morgan fingerprint density at radius 3 is 2.43 bits per heavy atom. The second-order valence-electron chi connectivity index (χ2n) is 5.61. The van der Waals surface area contributed by atoms with Crippen molar-refractivity contribution in [2.75, 3.05) is 13.1 Å². The first-order valence-corrected chi connectivity index (χ1v) is 7.41. The first-order valence-electron chi connectivity index (χ1n) is 7.41. The minimum atomic E-state index is -0.838. The van der Waals surface area contributed by atoms with E-state index in [1.807, 2.05) is 18.2 Å². The normalized spacial score (nSPS) is 15.8. The zero-order chi connectivity index (χ0) is 15.1. The van der Waals surface area contributed by atoms with E-state index in [1.54, 1.807) is 0 Å². The number of hydrogen-bond donors (Lipinski definition) is 3. The number of benzene rings is 1. The summed E-state index contributed by atoms with van der Waals surface area (Å²) in [4.78, 5) is 22.1. The van der Waals surface area contributed by atoms with Crippen molar-refractivity contribution >= 4 is 12.0 Å². The van der Waals surface area contributed by atoms with E-state index >= 15 is 0 Å². The molecular weight excluding hydrogens is 268 g/mol. The third-order valence-electron chi connectivity index (χ3n) is 4.14. The van der Waals surface area contributed by atoms with E-state index in [2.05, 4.69) is 22.8 Å². The minimum Gasteiger partial charge on any atom is -0.481 e. The van der Waals surface area contributed by atoms with Crippen LogP contribution in [0.4, 0.5) is 4.79 Å². The molecule has 1 aliphatic rings. The molecule has 2 amide bonds. The molecule has 0 atom stereocenters. The summed E-state index contributed by atoms with van der Waals surface area (Å²) in [5, 5.41) is 14.1. The number of carbonyl (C=O) groups is 2. The Labute approximate surface area is 124 Å². The van der Waals surface area contributed by atoms with Crippen LogP contribution in [0.15, 0.2) is 30.3 Å². The van der Waals surface area contributed by atoms with E-state index in [4.69, 9.17) is 5.11 Å². The third-order valence-corrected chi connectivity index (χ3v) is 4.14. The monoisotopic (exact) mass is 290 g/mol. The lowest BCUT2D eigenvalue weighted by molar-refractivity contribution is -0.137. The molecule has 3 N–H and O–H groups in total. The molecule has 0 radical (unpaired) electrons. The molecule has 5 nitrogen and oxygen atoms in total. The van der Waals surface area contributed by atoms with E-state index in [1.165, 1.54) is 12.0 Å². The lowest BCUT2D eigenvalue weighted by atomic mass is 9.64. The molecule has 2 rings (SSSR count).